The fourth-order valence-electron chi connectivity index (χ4n) is 4.63. The number of aldehydes is 1. The number of fused-ring (bicyclic) bond motifs is 1. The zero-order chi connectivity index (χ0) is 22.9. The van der Waals surface area contributed by atoms with Crippen molar-refractivity contribution in [2.45, 2.75) is 57.0 Å². The number of nitro groups is 1. The molecule has 1 saturated heterocycles. The SMILES string of the molecule is O=C[C@@H]1CCCN1c1nc(NC(=O)c2ccc([N+](=O)[O-])s2)c2cnn(C3CCCCC3)c2n1. The minimum atomic E-state index is -0.524. The molecule has 1 aliphatic carbocycles. The van der Waals surface area contributed by atoms with Crippen LogP contribution < -0.4 is 10.2 Å². The number of hydrogen-bond donors (Lipinski definition) is 1. The lowest BCUT2D eigenvalue weighted by molar-refractivity contribution is -0.380. The van der Waals surface area contributed by atoms with Crippen molar-refractivity contribution in [2.24, 2.45) is 0 Å². The Kier molecular flexibility index (Phi) is 5.75. The molecule has 4 heterocycles. The van der Waals surface area contributed by atoms with E-state index >= 15 is 0 Å². The molecule has 3 aromatic heterocycles. The molecule has 1 amide bonds. The molecule has 1 aliphatic heterocycles. The molecule has 33 heavy (non-hydrogen) atoms. The molecule has 2 fully saturated rings. The minimum absolute atomic E-state index is 0.107. The molecular weight excluding hydrogens is 446 g/mol. The van der Waals surface area contributed by atoms with Crippen molar-refractivity contribution in [3.05, 3.63) is 33.3 Å². The first-order chi connectivity index (χ1) is 16.0. The van der Waals surface area contributed by atoms with E-state index in [0.717, 1.165) is 56.1 Å². The normalized spacial score (nSPS) is 19.2. The lowest BCUT2D eigenvalue weighted by atomic mass is 9.96. The molecule has 0 spiro atoms. The van der Waals surface area contributed by atoms with Crippen LogP contribution in [0, 0.1) is 10.1 Å². The summed E-state index contributed by atoms with van der Waals surface area (Å²) >= 11 is 0.803. The largest absolute Gasteiger partial charge is 0.331 e. The molecule has 0 aromatic carbocycles. The maximum atomic E-state index is 12.9. The zero-order valence-corrected chi connectivity index (χ0v) is 18.7. The Labute approximate surface area is 193 Å². The van der Waals surface area contributed by atoms with Gasteiger partial charge in [0.15, 0.2) is 5.65 Å². The van der Waals surface area contributed by atoms with Crippen LogP contribution in [-0.2, 0) is 4.79 Å². The number of anilines is 2. The van der Waals surface area contributed by atoms with Crippen LogP contribution in [0.3, 0.4) is 0 Å². The Hall–Kier alpha value is -3.41. The zero-order valence-electron chi connectivity index (χ0n) is 17.8. The van der Waals surface area contributed by atoms with Gasteiger partial charge in [-0.15, -0.1) is 0 Å². The van der Waals surface area contributed by atoms with Gasteiger partial charge in [-0.25, -0.2) is 4.68 Å². The van der Waals surface area contributed by atoms with Gasteiger partial charge >= 0.3 is 5.00 Å². The van der Waals surface area contributed by atoms with Crippen molar-refractivity contribution >= 4 is 51.3 Å². The standard InChI is InChI=1S/C21H23N7O4S/c29-12-14-7-4-10-26(14)21-24-18(23-20(30)16-8-9-17(33-16)28(31)32)15-11-22-27(19(15)25-21)13-5-2-1-3-6-13/h8-9,11-14H,1-7,10H2,(H,23,24,25,30)/t14-/m0/s1. The number of thiophene rings is 1. The fourth-order valence-corrected chi connectivity index (χ4v) is 5.35. The van der Waals surface area contributed by atoms with E-state index in [1.165, 1.54) is 18.6 Å². The molecule has 3 aromatic rings. The van der Waals surface area contributed by atoms with Crippen LogP contribution in [-0.4, -0.2) is 49.5 Å². The summed E-state index contributed by atoms with van der Waals surface area (Å²) in [4.78, 5) is 46.4. The first-order valence-corrected chi connectivity index (χ1v) is 11.9. The highest BCUT2D eigenvalue weighted by atomic mass is 32.1. The van der Waals surface area contributed by atoms with Gasteiger partial charge in [-0.1, -0.05) is 30.6 Å². The summed E-state index contributed by atoms with van der Waals surface area (Å²) in [5.74, 6) is 0.176. The third-order valence-electron chi connectivity index (χ3n) is 6.30. The van der Waals surface area contributed by atoms with Crippen LogP contribution in [0.4, 0.5) is 16.8 Å². The predicted molar refractivity (Wildman–Crippen MR) is 123 cm³/mol. The average Bonchev–Trinajstić information content (AvgIpc) is 3.58. The number of carbonyl (C=O) groups excluding carboxylic acids is 2. The second-order valence-corrected chi connectivity index (χ2v) is 9.44. The van der Waals surface area contributed by atoms with Crippen LogP contribution in [0.5, 0.6) is 0 Å². The lowest BCUT2D eigenvalue weighted by Crippen LogP contribution is -2.32. The Bertz CT molecular complexity index is 1220. The maximum absolute atomic E-state index is 12.9. The smallest absolute Gasteiger partial charge is 0.324 e. The summed E-state index contributed by atoms with van der Waals surface area (Å²) in [7, 11) is 0. The molecule has 5 rings (SSSR count). The molecule has 1 N–H and O–H groups in total. The van der Waals surface area contributed by atoms with Gasteiger partial charge in [0.2, 0.25) is 5.95 Å². The van der Waals surface area contributed by atoms with Crippen molar-refractivity contribution in [1.29, 1.82) is 0 Å². The quantitative estimate of drug-likeness (QED) is 0.328. The van der Waals surface area contributed by atoms with Gasteiger partial charge in [0.25, 0.3) is 5.91 Å². The lowest BCUT2D eigenvalue weighted by Gasteiger charge is -2.24. The third kappa shape index (κ3) is 4.06. The predicted octanol–water partition coefficient (Wildman–Crippen LogP) is 3.72. The highest BCUT2D eigenvalue weighted by Crippen LogP contribution is 2.34. The van der Waals surface area contributed by atoms with Crippen molar-refractivity contribution < 1.29 is 14.5 Å². The van der Waals surface area contributed by atoms with Gasteiger partial charge in [0, 0.05) is 12.6 Å². The van der Waals surface area contributed by atoms with Crippen LogP contribution >= 0.6 is 11.3 Å². The van der Waals surface area contributed by atoms with Gasteiger partial charge in [-0.3, -0.25) is 14.9 Å². The highest BCUT2D eigenvalue weighted by Gasteiger charge is 2.29. The molecule has 12 heteroatoms. The van der Waals surface area contributed by atoms with E-state index in [0.29, 0.717) is 23.5 Å². The highest BCUT2D eigenvalue weighted by molar-refractivity contribution is 7.17. The second kappa shape index (κ2) is 8.85. The number of rotatable bonds is 6. The summed E-state index contributed by atoms with van der Waals surface area (Å²) in [5.41, 5.74) is 0.621. The molecule has 2 aliphatic rings. The molecule has 0 unspecified atom stereocenters. The van der Waals surface area contributed by atoms with Gasteiger partial charge in [-0.05, 0) is 31.7 Å². The number of aromatic nitrogens is 4. The summed E-state index contributed by atoms with van der Waals surface area (Å²) in [6.45, 7) is 0.650. The first-order valence-electron chi connectivity index (χ1n) is 11.1. The second-order valence-electron chi connectivity index (χ2n) is 8.38. The summed E-state index contributed by atoms with van der Waals surface area (Å²) < 4.78 is 1.91. The fraction of sp³-hybridized carbons (Fsp3) is 0.476. The first kappa shape index (κ1) is 21.4. The Morgan fingerprint density at radius 3 is 2.73 bits per heavy atom. The van der Waals surface area contributed by atoms with Crippen LogP contribution in [0.25, 0.3) is 11.0 Å². The third-order valence-corrected chi connectivity index (χ3v) is 7.34. The van der Waals surface area contributed by atoms with Crippen molar-refractivity contribution in [2.75, 3.05) is 16.8 Å². The van der Waals surface area contributed by atoms with Gasteiger partial charge < -0.3 is 15.0 Å². The summed E-state index contributed by atoms with van der Waals surface area (Å²) in [5, 5.41) is 18.9. The van der Waals surface area contributed by atoms with E-state index in [2.05, 4.69) is 15.4 Å². The van der Waals surface area contributed by atoms with Crippen LogP contribution in [0.2, 0.25) is 0 Å². The van der Waals surface area contributed by atoms with Gasteiger partial charge in [0.1, 0.15) is 12.1 Å². The number of hydrogen-bond acceptors (Lipinski definition) is 9. The van der Waals surface area contributed by atoms with E-state index in [-0.39, 0.29) is 27.8 Å². The monoisotopic (exact) mass is 469 g/mol. The molecular formula is C21H23N7O4S. The molecule has 1 atom stereocenters. The molecule has 172 valence electrons. The number of amides is 1. The molecule has 1 saturated carbocycles. The Balaban J connectivity index is 1.55. The molecule has 0 bridgehead atoms. The summed E-state index contributed by atoms with van der Waals surface area (Å²) in [6, 6.07) is 2.65. The van der Waals surface area contributed by atoms with Gasteiger partial charge in [-0.2, -0.15) is 15.1 Å². The average molecular weight is 470 g/mol. The van der Waals surface area contributed by atoms with E-state index in [9.17, 15) is 19.7 Å². The van der Waals surface area contributed by atoms with E-state index in [4.69, 9.17) is 4.98 Å². The Morgan fingerprint density at radius 1 is 1.18 bits per heavy atom. The van der Waals surface area contributed by atoms with Crippen molar-refractivity contribution in [3.8, 4) is 0 Å². The van der Waals surface area contributed by atoms with E-state index in [1.807, 2.05) is 9.58 Å². The summed E-state index contributed by atoms with van der Waals surface area (Å²) in [6.07, 6.45) is 9.63. The minimum Gasteiger partial charge on any atom is -0.331 e. The van der Waals surface area contributed by atoms with Crippen LogP contribution in [0.1, 0.15) is 60.7 Å². The van der Waals surface area contributed by atoms with Gasteiger partial charge in [0.05, 0.1) is 33.5 Å². The van der Waals surface area contributed by atoms with Crippen LogP contribution in [0.15, 0.2) is 18.3 Å². The molecule has 11 nitrogen and oxygen atoms in total. The van der Waals surface area contributed by atoms with Crippen molar-refractivity contribution in [3.63, 3.8) is 0 Å². The number of carbonyl (C=O) groups is 2. The van der Waals surface area contributed by atoms with E-state index < -0.39 is 10.8 Å². The van der Waals surface area contributed by atoms with Crippen molar-refractivity contribution in [1.82, 2.24) is 19.7 Å². The van der Waals surface area contributed by atoms with E-state index in [1.54, 1.807) is 6.20 Å². The maximum Gasteiger partial charge on any atom is 0.324 e. The molecule has 0 radical (unpaired) electrons. The Morgan fingerprint density at radius 2 is 2.00 bits per heavy atom. The number of nitrogens with one attached hydrogen (secondary N) is 1. The topological polar surface area (TPSA) is 136 Å². The number of nitrogens with zero attached hydrogens (tertiary/aromatic N) is 6.